The highest BCUT2D eigenvalue weighted by atomic mass is 35.5. The molecule has 41 heavy (non-hydrogen) atoms. The molecule has 4 aliphatic rings. The second-order valence-corrected chi connectivity index (χ2v) is 13.1. The molecule has 1 saturated heterocycles. The molecule has 1 aromatic heterocycles. The minimum Gasteiger partial charge on any atom is -0.444 e. The minimum atomic E-state index is -0.623. The zero-order valence-electron chi connectivity index (χ0n) is 24.0. The molecule has 2 aromatic rings. The van der Waals surface area contributed by atoms with Crippen LogP contribution in [0.15, 0.2) is 30.6 Å². The Morgan fingerprint density at radius 3 is 2.56 bits per heavy atom. The lowest BCUT2D eigenvalue weighted by atomic mass is 9.94. The van der Waals surface area contributed by atoms with E-state index in [2.05, 4.69) is 20.2 Å². The number of rotatable bonds is 6. The zero-order chi connectivity index (χ0) is 29.1. The molecule has 1 N–H and O–H groups in total. The molecule has 2 aliphatic heterocycles. The highest BCUT2D eigenvalue weighted by Crippen LogP contribution is 2.45. The van der Waals surface area contributed by atoms with E-state index in [-0.39, 0.29) is 48.5 Å². The molecule has 10 nitrogen and oxygen atoms in total. The maximum atomic E-state index is 14.3. The molecule has 0 radical (unpaired) electrons. The Labute approximate surface area is 245 Å². The molecule has 0 bridgehead atoms. The first-order valence-corrected chi connectivity index (χ1v) is 14.8. The van der Waals surface area contributed by atoms with Crippen LogP contribution < -0.4 is 10.2 Å². The molecule has 3 heterocycles. The van der Waals surface area contributed by atoms with Crippen LogP contribution in [-0.4, -0.2) is 81.0 Å². The van der Waals surface area contributed by atoms with E-state index < -0.39 is 11.5 Å². The normalized spacial score (nSPS) is 24.1. The first-order valence-electron chi connectivity index (χ1n) is 14.5. The maximum absolute atomic E-state index is 14.3. The summed E-state index contributed by atoms with van der Waals surface area (Å²) in [5, 5.41) is 3.48. The van der Waals surface area contributed by atoms with Crippen molar-refractivity contribution in [2.45, 2.75) is 88.9 Å². The number of aromatic nitrogens is 2. The third-order valence-corrected chi connectivity index (χ3v) is 8.58. The Morgan fingerprint density at radius 2 is 1.88 bits per heavy atom. The molecule has 2 aliphatic carbocycles. The molecule has 0 spiro atoms. The summed E-state index contributed by atoms with van der Waals surface area (Å²) >= 11 is 6.19. The number of hydrogen-bond acceptors (Lipinski definition) is 7. The summed E-state index contributed by atoms with van der Waals surface area (Å²) < 4.78 is 5.73. The van der Waals surface area contributed by atoms with Gasteiger partial charge in [-0.2, -0.15) is 0 Å². The third-order valence-electron chi connectivity index (χ3n) is 8.33. The first kappa shape index (κ1) is 27.8. The van der Waals surface area contributed by atoms with Crippen molar-refractivity contribution in [2.24, 2.45) is 0 Å². The fourth-order valence-electron chi connectivity index (χ4n) is 6.15. The number of piperazine rings is 1. The molecular weight excluding hydrogens is 544 g/mol. The van der Waals surface area contributed by atoms with Gasteiger partial charge in [-0.1, -0.05) is 30.7 Å². The van der Waals surface area contributed by atoms with Gasteiger partial charge in [-0.3, -0.25) is 9.59 Å². The van der Waals surface area contributed by atoms with Gasteiger partial charge >= 0.3 is 6.09 Å². The Balaban J connectivity index is 1.23. The number of amides is 3. The second-order valence-electron chi connectivity index (χ2n) is 12.7. The lowest BCUT2D eigenvalue weighted by molar-refractivity contribution is -0.134. The number of nitrogens with zero attached hydrogens (tertiary/aromatic N) is 5. The van der Waals surface area contributed by atoms with Crippen LogP contribution in [0.3, 0.4) is 0 Å². The fourth-order valence-corrected chi connectivity index (χ4v) is 6.28. The first-order chi connectivity index (χ1) is 19.5. The van der Waals surface area contributed by atoms with E-state index in [1.165, 1.54) is 6.33 Å². The van der Waals surface area contributed by atoms with E-state index in [0.29, 0.717) is 30.4 Å². The average molecular weight is 581 g/mol. The number of benzene rings is 1. The van der Waals surface area contributed by atoms with Crippen molar-refractivity contribution in [1.82, 2.24) is 19.8 Å². The number of carbonyl (C=O) groups is 3. The molecule has 11 heteroatoms. The SMILES string of the molecule is C[C@@H]1CC(=O)Nc2ncnc(N3CCN(C(=O)[C@H](CN(C(=O)OC(C)(C)C)C4CC4)c4ccc(Cl)cc4)C4CC43)c21. The Kier molecular flexibility index (Phi) is 7.08. The van der Waals surface area contributed by atoms with Gasteiger partial charge in [0, 0.05) is 42.7 Å². The number of fused-ring (bicyclic) bond motifs is 2. The molecular formula is C30H37ClN6O4. The van der Waals surface area contributed by atoms with Crippen LogP contribution in [0.2, 0.25) is 5.02 Å². The molecule has 4 atom stereocenters. The van der Waals surface area contributed by atoms with Gasteiger partial charge in [0.1, 0.15) is 23.6 Å². The summed E-state index contributed by atoms with van der Waals surface area (Å²) in [6.45, 7) is 9.02. The Morgan fingerprint density at radius 1 is 1.15 bits per heavy atom. The summed E-state index contributed by atoms with van der Waals surface area (Å²) in [4.78, 5) is 54.5. The van der Waals surface area contributed by atoms with Crippen molar-refractivity contribution in [3.63, 3.8) is 0 Å². The van der Waals surface area contributed by atoms with Crippen molar-refractivity contribution in [3.8, 4) is 0 Å². The summed E-state index contributed by atoms with van der Waals surface area (Å²) in [5.41, 5.74) is 1.18. The Bertz CT molecular complexity index is 1360. The van der Waals surface area contributed by atoms with E-state index in [4.69, 9.17) is 16.3 Å². The highest BCUT2D eigenvalue weighted by Gasteiger charge is 2.53. The van der Waals surface area contributed by atoms with Gasteiger partial charge in [0.05, 0.1) is 18.0 Å². The predicted octanol–water partition coefficient (Wildman–Crippen LogP) is 4.55. The second kappa shape index (κ2) is 10.5. The van der Waals surface area contributed by atoms with Gasteiger partial charge in [0.2, 0.25) is 11.8 Å². The maximum Gasteiger partial charge on any atom is 0.410 e. The molecule has 3 fully saturated rings. The molecule has 218 valence electrons. The minimum absolute atomic E-state index is 0.0130. The van der Waals surface area contributed by atoms with E-state index >= 15 is 0 Å². The highest BCUT2D eigenvalue weighted by molar-refractivity contribution is 6.30. The topological polar surface area (TPSA) is 108 Å². The van der Waals surface area contributed by atoms with E-state index in [1.54, 1.807) is 17.0 Å². The van der Waals surface area contributed by atoms with Crippen molar-refractivity contribution < 1.29 is 19.1 Å². The van der Waals surface area contributed by atoms with Crippen molar-refractivity contribution >= 4 is 41.1 Å². The molecule has 6 rings (SSSR count). The van der Waals surface area contributed by atoms with E-state index in [9.17, 15) is 14.4 Å². The van der Waals surface area contributed by atoms with Crippen LogP contribution in [-0.2, 0) is 14.3 Å². The van der Waals surface area contributed by atoms with E-state index in [0.717, 1.165) is 36.2 Å². The van der Waals surface area contributed by atoms with Gasteiger partial charge in [-0.05, 0) is 63.6 Å². The van der Waals surface area contributed by atoms with Crippen molar-refractivity contribution in [3.05, 3.63) is 46.7 Å². The van der Waals surface area contributed by atoms with Gasteiger partial charge in [-0.15, -0.1) is 0 Å². The molecule has 2 unspecified atom stereocenters. The standard InChI is InChI=1S/C30H37ClN6O4/c1-17-13-24(38)34-26-25(17)27(33-16-32-26)35-11-12-36(23-14-22(23)35)28(39)21(18-5-7-19(31)8-6-18)15-37(20-9-10-20)29(40)41-30(2,3)4/h5-8,16-17,20-23H,9-15H2,1-4H3,(H,32,33,34,38)/t17-,21-,22?,23?/m1/s1. The predicted molar refractivity (Wildman–Crippen MR) is 155 cm³/mol. The fraction of sp³-hybridized carbons (Fsp3) is 0.567. The summed E-state index contributed by atoms with van der Waals surface area (Å²) in [7, 11) is 0. The number of hydrogen-bond donors (Lipinski definition) is 1. The largest absolute Gasteiger partial charge is 0.444 e. The van der Waals surface area contributed by atoms with Crippen LogP contribution in [0, 0.1) is 0 Å². The van der Waals surface area contributed by atoms with Crippen LogP contribution >= 0.6 is 11.6 Å². The zero-order valence-corrected chi connectivity index (χ0v) is 24.7. The number of carbonyl (C=O) groups excluding carboxylic acids is 3. The van der Waals surface area contributed by atoms with Crippen molar-refractivity contribution in [1.29, 1.82) is 0 Å². The van der Waals surface area contributed by atoms with Gasteiger partial charge in [0.25, 0.3) is 0 Å². The summed E-state index contributed by atoms with van der Waals surface area (Å²) in [5.74, 6) is 0.895. The van der Waals surface area contributed by atoms with Gasteiger partial charge in [-0.25, -0.2) is 14.8 Å². The van der Waals surface area contributed by atoms with Crippen molar-refractivity contribution in [2.75, 3.05) is 29.9 Å². The summed E-state index contributed by atoms with van der Waals surface area (Å²) in [6, 6.07) is 7.64. The molecule has 3 amide bonds. The third kappa shape index (κ3) is 5.71. The van der Waals surface area contributed by atoms with Crippen LogP contribution in [0.5, 0.6) is 0 Å². The number of halogens is 1. The lowest BCUT2D eigenvalue weighted by Crippen LogP contribution is -2.52. The summed E-state index contributed by atoms with van der Waals surface area (Å²) in [6.07, 6.45) is 4.18. The molecule has 1 aromatic carbocycles. The van der Waals surface area contributed by atoms with Gasteiger partial charge in [0.15, 0.2) is 0 Å². The smallest absolute Gasteiger partial charge is 0.410 e. The number of nitrogens with one attached hydrogen (secondary N) is 1. The van der Waals surface area contributed by atoms with E-state index in [1.807, 2.05) is 44.7 Å². The quantitative estimate of drug-likeness (QED) is 0.534. The van der Waals surface area contributed by atoms with Gasteiger partial charge < -0.3 is 24.8 Å². The number of ether oxygens (including phenoxy) is 1. The van der Waals surface area contributed by atoms with Crippen LogP contribution in [0.25, 0.3) is 0 Å². The molecule has 2 saturated carbocycles. The average Bonchev–Trinajstić information content (AvgIpc) is 3.82. The van der Waals surface area contributed by atoms with Crippen LogP contribution in [0.1, 0.15) is 76.3 Å². The Hall–Kier alpha value is -3.40. The van der Waals surface area contributed by atoms with Crippen LogP contribution in [0.4, 0.5) is 16.4 Å². The monoisotopic (exact) mass is 580 g/mol. The number of anilines is 2. The lowest BCUT2D eigenvalue weighted by Gasteiger charge is -2.39.